The molecule has 4 aromatic rings. The SMILES string of the molecule is Cc1nsc(-n2nc(C(C)(C)C)nc2N=Nc2c(C(C)(C)C)nn(-c3nc(C)ns3)c2N)n1. The Hall–Kier alpha value is -3.13. The van der Waals surface area contributed by atoms with Crippen LogP contribution in [-0.2, 0) is 10.8 Å². The molecule has 0 spiro atoms. The molecule has 0 aliphatic rings. The van der Waals surface area contributed by atoms with Crippen molar-refractivity contribution in [1.82, 2.24) is 43.3 Å². The molecule has 0 amide bonds. The maximum Gasteiger partial charge on any atom is 0.274 e. The zero-order valence-electron chi connectivity index (χ0n) is 19.8. The Morgan fingerprint density at radius 1 is 0.758 bits per heavy atom. The van der Waals surface area contributed by atoms with Gasteiger partial charge in [0.05, 0.1) is 5.69 Å². The van der Waals surface area contributed by atoms with E-state index in [9.17, 15) is 0 Å². The smallest absolute Gasteiger partial charge is 0.274 e. The Morgan fingerprint density at radius 2 is 1.33 bits per heavy atom. The highest BCUT2D eigenvalue weighted by atomic mass is 32.1. The Bertz CT molecular complexity index is 1330. The van der Waals surface area contributed by atoms with Gasteiger partial charge in [0.15, 0.2) is 17.3 Å². The summed E-state index contributed by atoms with van der Waals surface area (Å²) >= 11 is 2.44. The molecule has 2 N–H and O–H groups in total. The zero-order valence-corrected chi connectivity index (χ0v) is 21.4. The Balaban J connectivity index is 1.84. The van der Waals surface area contributed by atoms with Gasteiger partial charge in [-0.2, -0.15) is 28.2 Å². The summed E-state index contributed by atoms with van der Waals surface area (Å²) < 4.78 is 11.6. The number of nitrogens with zero attached hydrogens (tertiary/aromatic N) is 11. The summed E-state index contributed by atoms with van der Waals surface area (Å²) in [4.78, 5) is 13.4. The first-order valence-electron chi connectivity index (χ1n) is 10.2. The highest BCUT2D eigenvalue weighted by Crippen LogP contribution is 2.38. The van der Waals surface area contributed by atoms with Gasteiger partial charge in [-0.1, -0.05) is 41.5 Å². The lowest BCUT2D eigenvalue weighted by Crippen LogP contribution is -2.14. The first kappa shape index (κ1) is 23.0. The van der Waals surface area contributed by atoms with E-state index in [1.165, 1.54) is 23.1 Å². The van der Waals surface area contributed by atoms with Crippen molar-refractivity contribution in [3.8, 4) is 10.3 Å². The third-order valence-electron chi connectivity index (χ3n) is 4.50. The number of hydrogen-bond acceptors (Lipinski definition) is 12. The quantitative estimate of drug-likeness (QED) is 0.418. The van der Waals surface area contributed by atoms with Crippen LogP contribution < -0.4 is 5.73 Å². The molecule has 0 aliphatic carbocycles. The molecule has 0 fully saturated rings. The molecule has 174 valence electrons. The number of rotatable bonds is 4. The van der Waals surface area contributed by atoms with E-state index in [0.717, 1.165) is 0 Å². The topological polar surface area (TPSA) is 151 Å². The van der Waals surface area contributed by atoms with Crippen LogP contribution in [0.1, 0.15) is 64.7 Å². The maximum absolute atomic E-state index is 6.46. The average molecular weight is 487 g/mol. The zero-order chi connectivity index (χ0) is 24.1. The molecule has 0 radical (unpaired) electrons. The average Bonchev–Trinajstić information content (AvgIpc) is 3.45. The third kappa shape index (κ3) is 4.53. The van der Waals surface area contributed by atoms with Gasteiger partial charge in [-0.25, -0.2) is 9.97 Å². The first-order chi connectivity index (χ1) is 15.3. The number of hydrogen-bond donors (Lipinski definition) is 1. The fourth-order valence-electron chi connectivity index (χ4n) is 2.83. The van der Waals surface area contributed by atoms with E-state index in [4.69, 9.17) is 5.73 Å². The van der Waals surface area contributed by atoms with Gasteiger partial charge in [-0.05, 0) is 13.8 Å². The number of aromatic nitrogens is 9. The molecule has 12 nitrogen and oxygen atoms in total. The fourth-order valence-corrected chi connectivity index (χ4v) is 4.10. The minimum Gasteiger partial charge on any atom is -0.382 e. The van der Waals surface area contributed by atoms with Crippen LogP contribution in [0.4, 0.5) is 17.5 Å². The lowest BCUT2D eigenvalue weighted by molar-refractivity contribution is 0.543. The molecule has 33 heavy (non-hydrogen) atoms. The van der Waals surface area contributed by atoms with Crippen LogP contribution in [0.3, 0.4) is 0 Å². The number of aryl methyl sites for hydroxylation is 2. The molecule has 0 atom stereocenters. The van der Waals surface area contributed by atoms with Crippen molar-refractivity contribution in [2.75, 3.05) is 5.73 Å². The molecule has 0 saturated heterocycles. The number of anilines is 1. The van der Waals surface area contributed by atoms with Gasteiger partial charge in [-0.3, -0.25) is 0 Å². The molecule has 4 heterocycles. The monoisotopic (exact) mass is 486 g/mol. The second-order valence-corrected chi connectivity index (χ2v) is 11.1. The van der Waals surface area contributed by atoms with Gasteiger partial charge in [0, 0.05) is 33.9 Å². The molecular formula is C19H26N12S2. The van der Waals surface area contributed by atoms with Crippen LogP contribution >= 0.6 is 23.1 Å². The fraction of sp³-hybridized carbons (Fsp3) is 0.526. The van der Waals surface area contributed by atoms with Gasteiger partial charge in [0.25, 0.3) is 5.95 Å². The molecule has 0 aliphatic heterocycles. The summed E-state index contributed by atoms with van der Waals surface area (Å²) in [5.41, 5.74) is 6.97. The van der Waals surface area contributed by atoms with E-state index in [-0.39, 0.29) is 16.8 Å². The predicted octanol–water partition coefficient (Wildman–Crippen LogP) is 4.37. The second kappa shape index (κ2) is 8.02. The van der Waals surface area contributed by atoms with Gasteiger partial charge in [-0.15, -0.1) is 15.3 Å². The molecular weight excluding hydrogens is 460 g/mol. The number of azo groups is 1. The van der Waals surface area contributed by atoms with Gasteiger partial charge >= 0.3 is 0 Å². The van der Waals surface area contributed by atoms with Crippen molar-refractivity contribution in [3.63, 3.8) is 0 Å². The summed E-state index contributed by atoms with van der Waals surface area (Å²) in [5, 5.41) is 19.4. The molecule has 4 aromatic heterocycles. The van der Waals surface area contributed by atoms with E-state index >= 15 is 0 Å². The molecule has 4 rings (SSSR count). The number of nitrogens with two attached hydrogens (primary N) is 1. The summed E-state index contributed by atoms with van der Waals surface area (Å²) in [6, 6.07) is 0. The van der Waals surface area contributed by atoms with Crippen LogP contribution in [0.25, 0.3) is 10.3 Å². The van der Waals surface area contributed by atoms with E-state index in [0.29, 0.717) is 44.9 Å². The normalized spacial score (nSPS) is 12.8. The third-order valence-corrected chi connectivity index (χ3v) is 6.07. The van der Waals surface area contributed by atoms with E-state index in [2.05, 4.69) is 44.1 Å². The lowest BCUT2D eigenvalue weighted by Gasteiger charge is -2.15. The summed E-state index contributed by atoms with van der Waals surface area (Å²) in [7, 11) is 0. The van der Waals surface area contributed by atoms with Crippen LogP contribution in [0, 0.1) is 13.8 Å². The molecule has 0 unspecified atom stereocenters. The molecule has 14 heteroatoms. The van der Waals surface area contributed by atoms with Crippen molar-refractivity contribution in [3.05, 3.63) is 23.2 Å². The minimum atomic E-state index is -0.339. The van der Waals surface area contributed by atoms with Crippen molar-refractivity contribution >= 4 is 40.5 Å². The Kier molecular flexibility index (Phi) is 5.60. The van der Waals surface area contributed by atoms with Crippen molar-refractivity contribution in [2.24, 2.45) is 10.2 Å². The van der Waals surface area contributed by atoms with Crippen LogP contribution in [0.15, 0.2) is 10.2 Å². The van der Waals surface area contributed by atoms with Crippen molar-refractivity contribution < 1.29 is 0 Å². The Labute approximate surface area is 199 Å². The molecule has 0 bridgehead atoms. The molecule has 0 aromatic carbocycles. The summed E-state index contributed by atoms with van der Waals surface area (Å²) in [6.07, 6.45) is 0. The highest BCUT2D eigenvalue weighted by molar-refractivity contribution is 7.08. The lowest BCUT2D eigenvalue weighted by atomic mass is 9.91. The van der Waals surface area contributed by atoms with Crippen LogP contribution in [-0.4, -0.2) is 43.3 Å². The van der Waals surface area contributed by atoms with Crippen molar-refractivity contribution in [2.45, 2.75) is 66.2 Å². The van der Waals surface area contributed by atoms with Crippen LogP contribution in [0.5, 0.6) is 0 Å². The first-order valence-corrected chi connectivity index (χ1v) is 11.8. The summed E-state index contributed by atoms with van der Waals surface area (Å²) in [6.45, 7) is 15.8. The number of nitrogen functional groups attached to an aromatic ring is 1. The van der Waals surface area contributed by atoms with Gasteiger partial charge in [0.1, 0.15) is 11.6 Å². The minimum absolute atomic E-state index is 0.286. The van der Waals surface area contributed by atoms with E-state index in [1.54, 1.807) is 9.36 Å². The highest BCUT2D eigenvalue weighted by Gasteiger charge is 2.28. The standard InChI is InChI=1S/C19H26N12S2/c1-9-21-16(32-28-9)30-13(20)11(12(26-30)18(3,4)5)24-25-15-23-14(19(6,7)8)27-31(15)17-22-10(2)29-33-17/h20H2,1-8H3. The van der Waals surface area contributed by atoms with Crippen molar-refractivity contribution in [1.29, 1.82) is 0 Å². The Morgan fingerprint density at radius 3 is 1.82 bits per heavy atom. The van der Waals surface area contributed by atoms with E-state index in [1.807, 2.05) is 55.4 Å². The van der Waals surface area contributed by atoms with Gasteiger partial charge < -0.3 is 5.73 Å². The predicted molar refractivity (Wildman–Crippen MR) is 127 cm³/mol. The van der Waals surface area contributed by atoms with Gasteiger partial charge in [0.2, 0.25) is 10.3 Å². The van der Waals surface area contributed by atoms with E-state index < -0.39 is 0 Å². The van der Waals surface area contributed by atoms with Crippen LogP contribution in [0.2, 0.25) is 0 Å². The molecule has 0 saturated carbocycles. The second-order valence-electron chi connectivity index (χ2n) is 9.59. The summed E-state index contributed by atoms with van der Waals surface area (Å²) in [5.74, 6) is 2.54. The maximum atomic E-state index is 6.46. The largest absolute Gasteiger partial charge is 0.382 e.